The number of fused-ring (bicyclic) bond motifs is 1. The smallest absolute Gasteiger partial charge is 0.378 e. The summed E-state index contributed by atoms with van der Waals surface area (Å²) in [5.74, 6) is -0.829. The van der Waals surface area contributed by atoms with E-state index in [4.69, 9.17) is 4.74 Å². The van der Waals surface area contributed by atoms with Crippen LogP contribution in [0.25, 0.3) is 5.78 Å². The lowest BCUT2D eigenvalue weighted by Gasteiger charge is -2.10. The number of ether oxygens (including phenoxy) is 1. The standard InChI is InChI=1S/C23H23N5O3/c1-15-9-11-24-23-25-21(26-28(15)23)22(30)31-14-20(29)19-13-16(2)27(17(19)3)12-10-18-7-5-4-6-8-18/h4-9,11,13H,10,12,14H2,1-3H3. The fourth-order valence-corrected chi connectivity index (χ4v) is 3.58. The average molecular weight is 417 g/mol. The molecule has 0 aliphatic rings. The predicted octanol–water partition coefficient (Wildman–Crippen LogP) is 3.13. The highest BCUT2D eigenvalue weighted by Gasteiger charge is 2.20. The van der Waals surface area contributed by atoms with Gasteiger partial charge in [0.1, 0.15) is 0 Å². The van der Waals surface area contributed by atoms with Gasteiger partial charge in [0.05, 0.1) is 0 Å². The maximum Gasteiger partial charge on any atom is 0.378 e. The number of aryl methyl sites for hydroxylation is 3. The molecule has 0 aliphatic carbocycles. The number of esters is 1. The zero-order valence-corrected chi connectivity index (χ0v) is 17.7. The van der Waals surface area contributed by atoms with Gasteiger partial charge in [0.2, 0.25) is 5.78 Å². The molecule has 0 bridgehead atoms. The van der Waals surface area contributed by atoms with Gasteiger partial charge in [-0.3, -0.25) is 4.79 Å². The summed E-state index contributed by atoms with van der Waals surface area (Å²) in [5.41, 5.74) is 4.43. The van der Waals surface area contributed by atoms with Gasteiger partial charge in [0.25, 0.3) is 11.6 Å². The van der Waals surface area contributed by atoms with E-state index in [1.807, 2.05) is 45.0 Å². The first-order valence-electron chi connectivity index (χ1n) is 10.0. The van der Waals surface area contributed by atoms with Crippen molar-refractivity contribution in [1.29, 1.82) is 0 Å². The highest BCUT2D eigenvalue weighted by Crippen LogP contribution is 2.17. The molecule has 0 radical (unpaired) electrons. The zero-order chi connectivity index (χ0) is 22.0. The molecule has 158 valence electrons. The van der Waals surface area contributed by atoms with E-state index in [1.54, 1.807) is 12.3 Å². The molecule has 0 atom stereocenters. The molecule has 0 saturated heterocycles. The van der Waals surface area contributed by atoms with Crippen molar-refractivity contribution in [3.8, 4) is 0 Å². The molecule has 1 aromatic carbocycles. The Labute approximate surface area is 179 Å². The van der Waals surface area contributed by atoms with Crippen LogP contribution in [0.5, 0.6) is 0 Å². The third kappa shape index (κ3) is 4.23. The molecule has 0 N–H and O–H groups in total. The monoisotopic (exact) mass is 417 g/mol. The summed E-state index contributed by atoms with van der Waals surface area (Å²) in [7, 11) is 0. The number of ketones is 1. The van der Waals surface area contributed by atoms with Gasteiger partial charge < -0.3 is 9.30 Å². The number of carbonyl (C=O) groups excluding carboxylic acids is 2. The highest BCUT2D eigenvalue weighted by atomic mass is 16.5. The van der Waals surface area contributed by atoms with Crippen LogP contribution in [0.15, 0.2) is 48.7 Å². The van der Waals surface area contributed by atoms with Gasteiger partial charge in [0, 0.05) is 35.4 Å². The van der Waals surface area contributed by atoms with Crippen molar-refractivity contribution in [3.05, 3.63) is 82.7 Å². The van der Waals surface area contributed by atoms with Gasteiger partial charge in [0.15, 0.2) is 6.61 Å². The van der Waals surface area contributed by atoms with E-state index in [2.05, 4.69) is 31.8 Å². The maximum absolute atomic E-state index is 12.7. The van der Waals surface area contributed by atoms with Crippen molar-refractivity contribution in [2.45, 2.75) is 33.7 Å². The molecule has 0 aliphatic heterocycles. The van der Waals surface area contributed by atoms with Crippen molar-refractivity contribution in [2.24, 2.45) is 0 Å². The van der Waals surface area contributed by atoms with Crippen LogP contribution in [0.3, 0.4) is 0 Å². The van der Waals surface area contributed by atoms with Crippen LogP contribution in [0, 0.1) is 20.8 Å². The average Bonchev–Trinajstić information content (AvgIpc) is 3.33. The van der Waals surface area contributed by atoms with Gasteiger partial charge in [-0.15, -0.1) is 5.10 Å². The Balaban J connectivity index is 1.42. The second-order valence-corrected chi connectivity index (χ2v) is 7.40. The third-order valence-electron chi connectivity index (χ3n) is 5.29. The molecule has 0 fully saturated rings. The second-order valence-electron chi connectivity index (χ2n) is 7.40. The van der Waals surface area contributed by atoms with Crippen LogP contribution >= 0.6 is 0 Å². The minimum atomic E-state index is -0.754. The topological polar surface area (TPSA) is 91.4 Å². The van der Waals surface area contributed by atoms with Crippen molar-refractivity contribution < 1.29 is 14.3 Å². The van der Waals surface area contributed by atoms with Crippen molar-refractivity contribution in [1.82, 2.24) is 24.1 Å². The molecule has 0 spiro atoms. The van der Waals surface area contributed by atoms with E-state index in [-0.39, 0.29) is 18.2 Å². The third-order valence-corrected chi connectivity index (χ3v) is 5.29. The number of Topliss-reactive ketones (excluding diaryl/α,β-unsaturated/α-hetero) is 1. The van der Waals surface area contributed by atoms with Gasteiger partial charge in [-0.2, -0.15) is 4.98 Å². The summed E-state index contributed by atoms with van der Waals surface area (Å²) in [6.45, 7) is 6.10. The molecule has 31 heavy (non-hydrogen) atoms. The maximum atomic E-state index is 12.7. The summed E-state index contributed by atoms with van der Waals surface area (Å²) in [6.07, 6.45) is 2.46. The number of aromatic nitrogens is 5. The molecule has 3 aromatic heterocycles. The summed E-state index contributed by atoms with van der Waals surface area (Å²) in [5, 5.41) is 4.10. The number of hydrogen-bond donors (Lipinski definition) is 0. The first-order valence-corrected chi connectivity index (χ1v) is 10.0. The summed E-state index contributed by atoms with van der Waals surface area (Å²) < 4.78 is 8.75. The van der Waals surface area contributed by atoms with Crippen LogP contribution in [0.4, 0.5) is 0 Å². The Hall–Kier alpha value is -3.81. The lowest BCUT2D eigenvalue weighted by atomic mass is 10.1. The first-order chi connectivity index (χ1) is 14.9. The highest BCUT2D eigenvalue weighted by molar-refractivity contribution is 6.00. The van der Waals surface area contributed by atoms with Gasteiger partial charge in [-0.25, -0.2) is 14.3 Å². The van der Waals surface area contributed by atoms with E-state index >= 15 is 0 Å². The van der Waals surface area contributed by atoms with Gasteiger partial charge >= 0.3 is 5.97 Å². The van der Waals surface area contributed by atoms with Gasteiger partial charge in [-0.1, -0.05) is 30.3 Å². The van der Waals surface area contributed by atoms with Gasteiger partial charge in [-0.05, 0) is 44.9 Å². The fourth-order valence-electron chi connectivity index (χ4n) is 3.58. The molecule has 4 aromatic rings. The molecule has 0 saturated carbocycles. The lowest BCUT2D eigenvalue weighted by molar-refractivity contribution is 0.0462. The van der Waals surface area contributed by atoms with Crippen molar-refractivity contribution in [3.63, 3.8) is 0 Å². The van der Waals surface area contributed by atoms with Crippen LogP contribution in [0.1, 0.15) is 43.6 Å². The Kier molecular flexibility index (Phi) is 5.62. The summed E-state index contributed by atoms with van der Waals surface area (Å²) in [6, 6.07) is 13.8. The van der Waals surface area contributed by atoms with Crippen LogP contribution < -0.4 is 0 Å². The van der Waals surface area contributed by atoms with Crippen molar-refractivity contribution in [2.75, 3.05) is 6.61 Å². The predicted molar refractivity (Wildman–Crippen MR) is 114 cm³/mol. The van der Waals surface area contributed by atoms with Crippen molar-refractivity contribution >= 4 is 17.5 Å². The number of rotatable bonds is 7. The molecule has 8 nitrogen and oxygen atoms in total. The van der Waals surface area contributed by atoms with E-state index in [1.165, 1.54) is 10.1 Å². The second kappa shape index (κ2) is 8.51. The largest absolute Gasteiger partial charge is 0.451 e. The minimum absolute atomic E-state index is 0.122. The quantitative estimate of drug-likeness (QED) is 0.339. The number of benzene rings is 1. The number of carbonyl (C=O) groups is 2. The lowest BCUT2D eigenvalue weighted by Crippen LogP contribution is -2.16. The number of hydrogen-bond acceptors (Lipinski definition) is 6. The SMILES string of the molecule is Cc1cc(C(=O)COC(=O)c2nc3nccc(C)n3n2)c(C)n1CCc1ccccc1. The Morgan fingerprint density at radius 2 is 1.81 bits per heavy atom. The number of nitrogens with zero attached hydrogens (tertiary/aromatic N) is 5. The zero-order valence-electron chi connectivity index (χ0n) is 17.7. The molecule has 8 heteroatoms. The summed E-state index contributed by atoms with van der Waals surface area (Å²) >= 11 is 0. The summed E-state index contributed by atoms with van der Waals surface area (Å²) in [4.78, 5) is 33.2. The first kappa shape index (κ1) is 20.5. The normalized spacial score (nSPS) is 11.1. The Morgan fingerprint density at radius 1 is 1.03 bits per heavy atom. The van der Waals surface area contributed by atoms with E-state index in [0.29, 0.717) is 11.3 Å². The minimum Gasteiger partial charge on any atom is -0.451 e. The van der Waals surface area contributed by atoms with E-state index in [9.17, 15) is 9.59 Å². The molecule has 0 amide bonds. The Morgan fingerprint density at radius 3 is 2.55 bits per heavy atom. The van der Waals surface area contributed by atoms with Crippen LogP contribution in [0.2, 0.25) is 0 Å². The van der Waals surface area contributed by atoms with Crippen LogP contribution in [-0.2, 0) is 17.7 Å². The fraction of sp³-hybridized carbons (Fsp3) is 0.261. The molecular formula is C23H23N5O3. The van der Waals surface area contributed by atoms with E-state index in [0.717, 1.165) is 30.0 Å². The van der Waals surface area contributed by atoms with E-state index < -0.39 is 5.97 Å². The molecular weight excluding hydrogens is 394 g/mol. The molecule has 0 unspecified atom stereocenters. The Bertz CT molecular complexity index is 1260. The molecule has 4 rings (SSSR count). The molecule has 3 heterocycles. The van der Waals surface area contributed by atoms with Crippen LogP contribution in [-0.4, -0.2) is 42.5 Å².